The highest BCUT2D eigenvalue weighted by atomic mass is 19.4. The van der Waals surface area contributed by atoms with Crippen molar-refractivity contribution in [3.8, 4) is 11.4 Å². The van der Waals surface area contributed by atoms with Crippen LogP contribution in [0.1, 0.15) is 50.7 Å². The number of nitrogens with zero attached hydrogens (tertiary/aromatic N) is 3. The van der Waals surface area contributed by atoms with Crippen molar-refractivity contribution in [3.05, 3.63) is 29.9 Å². The molecule has 2 aromatic heterocycles. The van der Waals surface area contributed by atoms with E-state index in [2.05, 4.69) is 27.4 Å². The summed E-state index contributed by atoms with van der Waals surface area (Å²) < 4.78 is 43.5. The summed E-state index contributed by atoms with van der Waals surface area (Å²) in [5.74, 6) is 0.602. The fourth-order valence-corrected chi connectivity index (χ4v) is 4.14. The number of nitrogens with one attached hydrogen (secondary N) is 1. The molecule has 1 amide bonds. The number of fused-ring (bicyclic) bond motifs is 1. The van der Waals surface area contributed by atoms with Crippen LogP contribution < -0.4 is 5.32 Å². The van der Waals surface area contributed by atoms with E-state index in [1.807, 2.05) is 0 Å². The molecule has 2 saturated carbocycles. The number of hydrogen-bond donors (Lipinski definition) is 1. The highest BCUT2D eigenvalue weighted by molar-refractivity contribution is 5.81. The number of amides is 1. The third-order valence-electron chi connectivity index (χ3n) is 5.91. The Kier molecular flexibility index (Phi) is 4.01. The van der Waals surface area contributed by atoms with Gasteiger partial charge in [-0.15, -0.1) is 0 Å². The van der Waals surface area contributed by atoms with Crippen molar-refractivity contribution in [2.24, 2.45) is 17.3 Å². The Morgan fingerprint density at radius 2 is 2.22 bits per heavy atom. The zero-order valence-electron chi connectivity index (χ0n) is 14.9. The molecule has 27 heavy (non-hydrogen) atoms. The van der Waals surface area contributed by atoms with Gasteiger partial charge < -0.3 is 9.84 Å². The van der Waals surface area contributed by atoms with Crippen molar-refractivity contribution in [2.45, 2.75) is 45.3 Å². The molecule has 0 bridgehead atoms. The van der Waals surface area contributed by atoms with E-state index in [0.29, 0.717) is 11.3 Å². The standard InChI is InChI=1S/C18H19F3N4O2/c1-9(23-15(26)11-8-17(2)5-3-12(11)17)16-24-14(25-27-16)10-4-6-22-13(7-10)18(19,20)21/h4,6-7,9,11-12H,3,5,8H2,1-2H3,(H,23,26)/t9-,11?,12?,17?/m0/s1. The lowest BCUT2D eigenvalue weighted by molar-refractivity contribution is -0.159. The lowest BCUT2D eigenvalue weighted by atomic mass is 9.43. The fraction of sp³-hybridized carbons (Fsp3) is 0.556. The quantitative estimate of drug-likeness (QED) is 0.873. The van der Waals surface area contributed by atoms with E-state index in [4.69, 9.17) is 4.52 Å². The van der Waals surface area contributed by atoms with Crippen LogP contribution in [0.4, 0.5) is 13.2 Å². The van der Waals surface area contributed by atoms with Crippen LogP contribution >= 0.6 is 0 Å². The van der Waals surface area contributed by atoms with Gasteiger partial charge in [0.25, 0.3) is 0 Å². The van der Waals surface area contributed by atoms with Crippen molar-refractivity contribution >= 4 is 5.91 Å². The largest absolute Gasteiger partial charge is 0.433 e. The van der Waals surface area contributed by atoms with Gasteiger partial charge in [0.05, 0.1) is 0 Å². The average Bonchev–Trinajstić information content (AvgIpc) is 3.10. The molecular weight excluding hydrogens is 361 g/mol. The minimum absolute atomic E-state index is 0.0168. The summed E-state index contributed by atoms with van der Waals surface area (Å²) in [5.41, 5.74) is -0.559. The third kappa shape index (κ3) is 3.08. The molecule has 0 aliphatic heterocycles. The molecule has 3 unspecified atom stereocenters. The molecule has 2 aliphatic rings. The molecule has 0 radical (unpaired) electrons. The summed E-state index contributed by atoms with van der Waals surface area (Å²) in [7, 11) is 0. The summed E-state index contributed by atoms with van der Waals surface area (Å²) in [5, 5.41) is 6.61. The van der Waals surface area contributed by atoms with E-state index in [9.17, 15) is 18.0 Å². The molecule has 2 aliphatic carbocycles. The van der Waals surface area contributed by atoms with E-state index in [1.54, 1.807) is 6.92 Å². The summed E-state index contributed by atoms with van der Waals surface area (Å²) >= 11 is 0. The van der Waals surface area contributed by atoms with E-state index in [-0.39, 0.29) is 29.1 Å². The molecule has 0 spiro atoms. The van der Waals surface area contributed by atoms with Gasteiger partial charge in [-0.05, 0) is 49.7 Å². The van der Waals surface area contributed by atoms with Gasteiger partial charge in [-0.3, -0.25) is 9.78 Å². The van der Waals surface area contributed by atoms with Gasteiger partial charge in [-0.1, -0.05) is 12.1 Å². The molecule has 2 heterocycles. The number of hydrogen-bond acceptors (Lipinski definition) is 5. The van der Waals surface area contributed by atoms with E-state index in [1.165, 1.54) is 12.5 Å². The van der Waals surface area contributed by atoms with Crippen LogP contribution in [0.5, 0.6) is 0 Å². The average molecular weight is 380 g/mol. The second-order valence-electron chi connectivity index (χ2n) is 7.72. The first kappa shape index (κ1) is 17.9. The van der Waals surface area contributed by atoms with Crippen molar-refractivity contribution in [1.82, 2.24) is 20.4 Å². The van der Waals surface area contributed by atoms with Crippen molar-refractivity contribution in [2.75, 3.05) is 0 Å². The van der Waals surface area contributed by atoms with E-state index >= 15 is 0 Å². The maximum Gasteiger partial charge on any atom is 0.433 e. The lowest BCUT2D eigenvalue weighted by Crippen LogP contribution is -2.58. The molecule has 1 N–H and O–H groups in total. The second kappa shape index (κ2) is 6.03. The van der Waals surface area contributed by atoms with E-state index in [0.717, 1.165) is 25.1 Å². The summed E-state index contributed by atoms with van der Waals surface area (Å²) in [6.45, 7) is 3.92. The fourth-order valence-electron chi connectivity index (χ4n) is 4.14. The summed E-state index contributed by atoms with van der Waals surface area (Å²) in [6.07, 6.45) is -0.357. The molecular formula is C18H19F3N4O2. The van der Waals surface area contributed by atoms with E-state index < -0.39 is 17.9 Å². The van der Waals surface area contributed by atoms with Gasteiger partial charge >= 0.3 is 6.18 Å². The maximum atomic E-state index is 12.8. The number of aromatic nitrogens is 3. The van der Waals surface area contributed by atoms with Gasteiger partial charge in [0, 0.05) is 17.7 Å². The first-order valence-corrected chi connectivity index (χ1v) is 8.85. The highest BCUT2D eigenvalue weighted by Crippen LogP contribution is 2.64. The number of carbonyl (C=O) groups excluding carboxylic acids is 1. The van der Waals surface area contributed by atoms with Crippen molar-refractivity contribution in [3.63, 3.8) is 0 Å². The molecule has 0 aromatic carbocycles. The monoisotopic (exact) mass is 380 g/mol. The van der Waals surface area contributed by atoms with Crippen LogP contribution in [0.3, 0.4) is 0 Å². The Morgan fingerprint density at radius 3 is 2.81 bits per heavy atom. The van der Waals surface area contributed by atoms with Crippen LogP contribution in [0.25, 0.3) is 11.4 Å². The van der Waals surface area contributed by atoms with Crippen LogP contribution in [-0.4, -0.2) is 21.0 Å². The number of halogens is 3. The first-order valence-electron chi connectivity index (χ1n) is 8.85. The van der Waals surface area contributed by atoms with Crippen LogP contribution in [-0.2, 0) is 11.0 Å². The molecule has 2 fully saturated rings. The first-order chi connectivity index (χ1) is 12.7. The predicted molar refractivity (Wildman–Crippen MR) is 88.0 cm³/mol. The molecule has 4 rings (SSSR count). The summed E-state index contributed by atoms with van der Waals surface area (Å²) in [6, 6.07) is 1.72. The van der Waals surface area contributed by atoms with Crippen molar-refractivity contribution in [1.29, 1.82) is 0 Å². The van der Waals surface area contributed by atoms with Crippen LogP contribution in [0, 0.1) is 17.3 Å². The molecule has 9 heteroatoms. The van der Waals surface area contributed by atoms with Crippen molar-refractivity contribution < 1.29 is 22.5 Å². The predicted octanol–water partition coefficient (Wildman–Crippen LogP) is 3.76. The summed E-state index contributed by atoms with van der Waals surface area (Å²) in [4.78, 5) is 19.9. The van der Waals surface area contributed by atoms with Gasteiger partial charge in [-0.25, -0.2) is 0 Å². The zero-order valence-corrected chi connectivity index (χ0v) is 14.9. The normalized spacial score (nSPS) is 27.9. The molecule has 2 aromatic rings. The molecule has 144 valence electrons. The topological polar surface area (TPSA) is 80.9 Å². The second-order valence-corrected chi connectivity index (χ2v) is 7.72. The number of pyridine rings is 1. The maximum absolute atomic E-state index is 12.8. The van der Waals surface area contributed by atoms with Gasteiger partial charge in [0.1, 0.15) is 11.7 Å². The molecule has 4 atom stereocenters. The Hall–Kier alpha value is -2.45. The zero-order chi connectivity index (χ0) is 19.4. The molecule has 6 nitrogen and oxygen atoms in total. The van der Waals surface area contributed by atoms with Gasteiger partial charge in [-0.2, -0.15) is 18.2 Å². The minimum atomic E-state index is -4.55. The van der Waals surface area contributed by atoms with Gasteiger partial charge in [0.15, 0.2) is 0 Å². The van der Waals surface area contributed by atoms with Crippen LogP contribution in [0.15, 0.2) is 22.9 Å². The molecule has 0 saturated heterocycles. The SMILES string of the molecule is C[C@H](NC(=O)C1CC2(C)CCC12)c1nc(-c2ccnc(C(F)(F)F)c2)no1. The van der Waals surface area contributed by atoms with Crippen LogP contribution in [0.2, 0.25) is 0 Å². The number of carbonyl (C=O) groups is 1. The van der Waals surface area contributed by atoms with Gasteiger partial charge in [0.2, 0.25) is 17.6 Å². The Bertz CT molecular complexity index is 881. The Labute approximate surface area is 153 Å². The lowest BCUT2D eigenvalue weighted by Gasteiger charge is -2.61. The smallest absolute Gasteiger partial charge is 0.344 e. The Morgan fingerprint density at radius 1 is 1.44 bits per heavy atom. The Balaban J connectivity index is 1.44. The highest BCUT2D eigenvalue weighted by Gasteiger charge is 2.58. The number of alkyl halides is 3. The third-order valence-corrected chi connectivity index (χ3v) is 5.91. The number of rotatable bonds is 4. The minimum Gasteiger partial charge on any atom is -0.344 e.